The second kappa shape index (κ2) is 9.47. The summed E-state index contributed by atoms with van der Waals surface area (Å²) in [6.45, 7) is 3.65. The smallest absolute Gasteiger partial charge is 0.326 e. The molecule has 0 radical (unpaired) electrons. The summed E-state index contributed by atoms with van der Waals surface area (Å²) in [5.74, 6) is -1.43. The SMILES string of the molecule is CCOC(=O)Cn1c(=NC(=O)c2cc([N+](=O)[O-])cc([N+](=O)[O-])c2)sc2cc(CC)ccc21. The van der Waals surface area contributed by atoms with Crippen molar-refractivity contribution in [3.63, 3.8) is 0 Å². The van der Waals surface area contributed by atoms with E-state index < -0.39 is 33.1 Å². The molecule has 1 amide bonds. The third-order valence-corrected chi connectivity index (χ3v) is 5.56. The first-order chi connectivity index (χ1) is 15.2. The number of fused-ring (bicyclic) bond motifs is 1. The van der Waals surface area contributed by atoms with E-state index >= 15 is 0 Å². The van der Waals surface area contributed by atoms with Crippen molar-refractivity contribution in [3.8, 4) is 0 Å². The van der Waals surface area contributed by atoms with Gasteiger partial charge in [-0.3, -0.25) is 29.8 Å². The topological polar surface area (TPSA) is 147 Å². The summed E-state index contributed by atoms with van der Waals surface area (Å²) >= 11 is 1.16. The Morgan fingerprint density at radius 3 is 2.28 bits per heavy atom. The molecule has 1 heterocycles. The van der Waals surface area contributed by atoms with E-state index in [1.165, 1.54) is 4.57 Å². The number of non-ortho nitro benzene ring substituents is 2. The Balaban J connectivity index is 2.16. The predicted octanol–water partition coefficient (Wildman–Crippen LogP) is 3.39. The number of nitro groups is 2. The largest absolute Gasteiger partial charge is 0.465 e. The number of ether oxygens (including phenoxy) is 1. The molecule has 0 spiro atoms. The Morgan fingerprint density at radius 1 is 1.06 bits per heavy atom. The summed E-state index contributed by atoms with van der Waals surface area (Å²) in [6, 6.07) is 8.25. The highest BCUT2D eigenvalue weighted by molar-refractivity contribution is 7.16. The van der Waals surface area contributed by atoms with E-state index in [-0.39, 0.29) is 23.5 Å². The van der Waals surface area contributed by atoms with Gasteiger partial charge in [0.05, 0.1) is 38.3 Å². The van der Waals surface area contributed by atoms with Gasteiger partial charge in [-0.15, -0.1) is 0 Å². The van der Waals surface area contributed by atoms with E-state index in [4.69, 9.17) is 4.74 Å². The minimum absolute atomic E-state index is 0.167. The van der Waals surface area contributed by atoms with Gasteiger partial charge in [0, 0.05) is 12.1 Å². The first-order valence-electron chi connectivity index (χ1n) is 9.54. The van der Waals surface area contributed by atoms with Gasteiger partial charge in [-0.05, 0) is 31.0 Å². The zero-order chi connectivity index (χ0) is 23.4. The van der Waals surface area contributed by atoms with E-state index in [0.29, 0.717) is 5.52 Å². The average molecular weight is 458 g/mol. The quantitative estimate of drug-likeness (QED) is 0.299. The van der Waals surface area contributed by atoms with E-state index in [9.17, 15) is 29.8 Å². The van der Waals surface area contributed by atoms with Gasteiger partial charge in [0.15, 0.2) is 4.80 Å². The molecule has 0 unspecified atom stereocenters. The molecule has 166 valence electrons. The number of benzene rings is 2. The number of hydrogen-bond acceptors (Lipinski definition) is 8. The van der Waals surface area contributed by atoms with Gasteiger partial charge in [0.1, 0.15) is 6.54 Å². The number of carbonyl (C=O) groups excluding carboxylic acids is 2. The molecule has 0 aliphatic carbocycles. The summed E-state index contributed by atoms with van der Waals surface area (Å²) in [7, 11) is 0. The molecular formula is C20H18N4O7S. The van der Waals surface area contributed by atoms with Crippen molar-refractivity contribution in [1.29, 1.82) is 0 Å². The van der Waals surface area contributed by atoms with Crippen LogP contribution in [0.4, 0.5) is 11.4 Å². The Hall–Kier alpha value is -3.93. The number of nitro benzene ring substituents is 2. The second-order valence-corrected chi connectivity index (χ2v) is 7.61. The van der Waals surface area contributed by atoms with Crippen molar-refractivity contribution in [3.05, 3.63) is 72.6 Å². The third-order valence-electron chi connectivity index (χ3n) is 4.52. The van der Waals surface area contributed by atoms with Crippen molar-refractivity contribution >= 4 is 44.8 Å². The molecule has 3 rings (SSSR count). The maximum atomic E-state index is 12.8. The molecule has 2 aromatic carbocycles. The van der Waals surface area contributed by atoms with Crippen molar-refractivity contribution in [1.82, 2.24) is 4.57 Å². The minimum Gasteiger partial charge on any atom is -0.465 e. The molecule has 3 aromatic rings. The zero-order valence-corrected chi connectivity index (χ0v) is 18.0. The lowest BCUT2D eigenvalue weighted by molar-refractivity contribution is -0.394. The summed E-state index contributed by atoms with van der Waals surface area (Å²) in [4.78, 5) is 49.7. The lowest BCUT2D eigenvalue weighted by Crippen LogP contribution is -2.23. The standard InChI is InChI=1S/C20H18N4O7S/c1-3-12-5-6-16-17(7-12)32-20(22(16)11-18(25)31-4-2)21-19(26)13-8-14(23(27)28)10-15(9-13)24(29)30/h5-10H,3-4,11H2,1-2H3. The average Bonchev–Trinajstić information content (AvgIpc) is 3.09. The molecule has 0 fully saturated rings. The van der Waals surface area contributed by atoms with Gasteiger partial charge in [-0.25, -0.2) is 0 Å². The number of thiazole rings is 1. The molecule has 0 aliphatic rings. The maximum absolute atomic E-state index is 12.8. The highest BCUT2D eigenvalue weighted by Crippen LogP contribution is 2.24. The highest BCUT2D eigenvalue weighted by Gasteiger charge is 2.20. The molecule has 1 aromatic heterocycles. The Morgan fingerprint density at radius 2 is 1.72 bits per heavy atom. The molecule has 12 heteroatoms. The van der Waals surface area contributed by atoms with Crippen LogP contribution in [0.5, 0.6) is 0 Å². The molecule has 0 aliphatic heterocycles. The Bertz CT molecular complexity index is 1280. The van der Waals surface area contributed by atoms with E-state index in [0.717, 1.165) is 46.2 Å². The first kappa shape index (κ1) is 22.7. The van der Waals surface area contributed by atoms with Crippen LogP contribution in [-0.2, 0) is 22.5 Å². The van der Waals surface area contributed by atoms with Crippen LogP contribution in [0.25, 0.3) is 10.2 Å². The van der Waals surface area contributed by atoms with Gasteiger partial charge >= 0.3 is 5.97 Å². The molecule has 0 N–H and O–H groups in total. The van der Waals surface area contributed by atoms with Crippen LogP contribution in [0.2, 0.25) is 0 Å². The maximum Gasteiger partial charge on any atom is 0.326 e. The van der Waals surface area contributed by atoms with Gasteiger partial charge in [-0.1, -0.05) is 24.3 Å². The molecule has 0 atom stereocenters. The van der Waals surface area contributed by atoms with Crippen molar-refractivity contribution in [2.75, 3.05) is 6.61 Å². The van der Waals surface area contributed by atoms with Crippen LogP contribution in [0, 0.1) is 20.2 Å². The van der Waals surface area contributed by atoms with Crippen LogP contribution in [0.3, 0.4) is 0 Å². The van der Waals surface area contributed by atoms with Gasteiger partial charge in [0.25, 0.3) is 17.3 Å². The summed E-state index contributed by atoms with van der Waals surface area (Å²) in [5, 5.41) is 22.2. The Labute approximate surface area is 184 Å². The molecule has 11 nitrogen and oxygen atoms in total. The number of amides is 1. The van der Waals surface area contributed by atoms with E-state index in [2.05, 4.69) is 4.99 Å². The number of nitrogens with zero attached hydrogens (tertiary/aromatic N) is 4. The lowest BCUT2D eigenvalue weighted by atomic mass is 10.1. The second-order valence-electron chi connectivity index (χ2n) is 6.60. The molecular weight excluding hydrogens is 440 g/mol. The number of aryl methyl sites for hydroxylation is 1. The first-order valence-corrected chi connectivity index (χ1v) is 10.4. The van der Waals surface area contributed by atoms with Gasteiger partial charge in [-0.2, -0.15) is 4.99 Å². The lowest BCUT2D eigenvalue weighted by Gasteiger charge is -2.05. The number of rotatable bonds is 7. The van der Waals surface area contributed by atoms with Crippen molar-refractivity contribution in [2.45, 2.75) is 26.8 Å². The Kier molecular flexibility index (Phi) is 6.73. The van der Waals surface area contributed by atoms with Gasteiger partial charge < -0.3 is 9.30 Å². The summed E-state index contributed by atoms with van der Waals surface area (Å²) in [5.41, 5.74) is 0.216. The van der Waals surface area contributed by atoms with Crippen LogP contribution >= 0.6 is 11.3 Å². The van der Waals surface area contributed by atoms with E-state index in [1.54, 1.807) is 6.92 Å². The van der Waals surface area contributed by atoms with Crippen LogP contribution in [0.15, 0.2) is 41.4 Å². The highest BCUT2D eigenvalue weighted by atomic mass is 32.1. The minimum atomic E-state index is -0.906. The monoisotopic (exact) mass is 458 g/mol. The number of carbonyl (C=O) groups is 2. The van der Waals surface area contributed by atoms with Crippen molar-refractivity contribution < 1.29 is 24.2 Å². The predicted molar refractivity (Wildman–Crippen MR) is 115 cm³/mol. The van der Waals surface area contributed by atoms with E-state index in [1.807, 2.05) is 25.1 Å². The normalized spacial score (nSPS) is 11.5. The zero-order valence-electron chi connectivity index (χ0n) is 17.1. The summed E-state index contributed by atoms with van der Waals surface area (Å²) in [6.07, 6.45) is 0.786. The van der Waals surface area contributed by atoms with Crippen LogP contribution in [0.1, 0.15) is 29.8 Å². The van der Waals surface area contributed by atoms with Crippen molar-refractivity contribution in [2.24, 2.45) is 4.99 Å². The fourth-order valence-corrected chi connectivity index (χ4v) is 4.08. The summed E-state index contributed by atoms with van der Waals surface area (Å²) < 4.78 is 7.30. The van der Waals surface area contributed by atoms with Crippen LogP contribution in [-0.4, -0.2) is 32.9 Å². The molecule has 0 saturated heterocycles. The van der Waals surface area contributed by atoms with Crippen LogP contribution < -0.4 is 4.80 Å². The fourth-order valence-electron chi connectivity index (χ4n) is 2.99. The number of hydrogen-bond donors (Lipinski definition) is 0. The third kappa shape index (κ3) is 4.86. The molecule has 0 bridgehead atoms. The van der Waals surface area contributed by atoms with Gasteiger partial charge in [0.2, 0.25) is 0 Å². The number of aromatic nitrogens is 1. The molecule has 0 saturated carbocycles. The fraction of sp³-hybridized carbons (Fsp3) is 0.250. The molecule has 32 heavy (non-hydrogen) atoms. The number of esters is 1.